The molecule has 170 valence electrons. The van der Waals surface area contributed by atoms with Gasteiger partial charge in [0.1, 0.15) is 0 Å². The number of aromatic nitrogens is 2. The van der Waals surface area contributed by atoms with Crippen molar-refractivity contribution in [1.82, 2.24) is 9.61 Å². The molecule has 2 heterocycles. The van der Waals surface area contributed by atoms with E-state index in [9.17, 15) is 18.3 Å². The third kappa shape index (κ3) is 3.69. The van der Waals surface area contributed by atoms with E-state index in [1.807, 2.05) is 13.8 Å². The van der Waals surface area contributed by atoms with Gasteiger partial charge in [-0.1, -0.05) is 32.0 Å². The van der Waals surface area contributed by atoms with Gasteiger partial charge in [0, 0.05) is 11.5 Å². The zero-order valence-electron chi connectivity index (χ0n) is 18.2. The number of nitrogens with two attached hydrogens (primary N) is 1. The number of nitrogens with one attached hydrogen (secondary N) is 2. The fourth-order valence-corrected chi connectivity index (χ4v) is 5.23. The summed E-state index contributed by atoms with van der Waals surface area (Å²) >= 11 is 0. The number of carbonyl (C=O) groups excluding carboxylic acids is 1. The number of primary amides is 1. The number of hydrogen-bond acceptors (Lipinski definition) is 6. The van der Waals surface area contributed by atoms with Crippen LogP contribution in [-0.2, 0) is 10.0 Å². The molecule has 1 amide bonds. The van der Waals surface area contributed by atoms with Crippen LogP contribution in [0, 0.1) is 5.41 Å². The Bertz CT molecular complexity index is 1280. The second-order valence-corrected chi connectivity index (χ2v) is 10.7. The molecule has 9 nitrogen and oxygen atoms in total. The van der Waals surface area contributed by atoms with Crippen LogP contribution in [0.1, 0.15) is 44.0 Å². The maximum absolute atomic E-state index is 12.7. The smallest absolute Gasteiger partial charge is 0.261 e. The Morgan fingerprint density at radius 3 is 2.53 bits per heavy atom. The maximum Gasteiger partial charge on any atom is 0.261 e. The Kier molecular flexibility index (Phi) is 5.17. The minimum atomic E-state index is -3.79. The first-order valence-corrected chi connectivity index (χ1v) is 11.8. The molecule has 0 bridgehead atoms. The lowest BCUT2D eigenvalue weighted by molar-refractivity contribution is -0.0283. The molecule has 1 fully saturated rings. The van der Waals surface area contributed by atoms with E-state index < -0.39 is 26.9 Å². The van der Waals surface area contributed by atoms with Gasteiger partial charge >= 0.3 is 0 Å². The highest BCUT2D eigenvalue weighted by Gasteiger charge is 2.50. The topological polar surface area (TPSA) is 139 Å². The summed E-state index contributed by atoms with van der Waals surface area (Å²) in [5.41, 5.74) is 5.67. The Morgan fingerprint density at radius 1 is 1.25 bits per heavy atom. The molecular weight excluding hydrogens is 430 g/mol. The number of carbonyl (C=O) groups is 1. The quantitative estimate of drug-likeness (QED) is 0.449. The van der Waals surface area contributed by atoms with Gasteiger partial charge in [0.05, 0.1) is 45.3 Å². The van der Waals surface area contributed by atoms with Crippen molar-refractivity contribution in [3.05, 3.63) is 54.4 Å². The number of benzene rings is 1. The number of nitrogens with zero attached hydrogens (tertiary/aromatic N) is 2. The van der Waals surface area contributed by atoms with Gasteiger partial charge in [-0.2, -0.15) is 5.10 Å². The van der Waals surface area contributed by atoms with Gasteiger partial charge in [0.15, 0.2) is 0 Å². The highest BCUT2D eigenvalue weighted by atomic mass is 32.2. The van der Waals surface area contributed by atoms with Crippen LogP contribution in [0.2, 0.25) is 0 Å². The summed E-state index contributed by atoms with van der Waals surface area (Å²) < 4.78 is 29.5. The van der Waals surface area contributed by atoms with Gasteiger partial charge in [-0.05, 0) is 38.0 Å². The summed E-state index contributed by atoms with van der Waals surface area (Å²) in [5.74, 6) is -0.655. The summed E-state index contributed by atoms with van der Waals surface area (Å²) in [6.45, 7) is 5.74. The van der Waals surface area contributed by atoms with Gasteiger partial charge in [0.25, 0.3) is 15.9 Å². The van der Waals surface area contributed by atoms with Crippen LogP contribution in [0.4, 0.5) is 11.4 Å². The molecule has 0 unspecified atom stereocenters. The average molecular weight is 458 g/mol. The lowest BCUT2D eigenvalue weighted by atomic mass is 9.76. The van der Waals surface area contributed by atoms with Crippen molar-refractivity contribution >= 4 is 32.8 Å². The lowest BCUT2D eigenvalue weighted by Gasteiger charge is -2.38. The number of amides is 1. The molecule has 0 aliphatic heterocycles. The molecule has 1 aliphatic carbocycles. The minimum absolute atomic E-state index is 0.134. The summed E-state index contributed by atoms with van der Waals surface area (Å²) in [7, 11) is -3.79. The lowest BCUT2D eigenvalue weighted by Crippen LogP contribution is -2.45. The van der Waals surface area contributed by atoms with Gasteiger partial charge < -0.3 is 16.2 Å². The largest absolute Gasteiger partial charge is 0.390 e. The van der Waals surface area contributed by atoms with Crippen LogP contribution in [0.3, 0.4) is 0 Å². The van der Waals surface area contributed by atoms with E-state index >= 15 is 0 Å². The van der Waals surface area contributed by atoms with E-state index in [1.165, 1.54) is 29.0 Å². The van der Waals surface area contributed by atoms with Crippen LogP contribution in [-0.4, -0.2) is 40.7 Å². The number of rotatable bonds is 6. The third-order valence-electron chi connectivity index (χ3n) is 6.71. The standard InChI is InChI=1S/C22H27N5O4S/c1-21(2)18(9-10-22(21,3)29)25-19-16(20(23)28)12-24-27-13-14(11-17(19)27)26-32(30,31)15-7-5-4-6-8-15/h4-8,11-13,18,25-26,29H,9-10H2,1-3H3,(H2,23,28)/t18-,22-/m1/s1. The molecule has 4 rings (SSSR count). The van der Waals surface area contributed by atoms with E-state index in [0.717, 1.165) is 0 Å². The van der Waals surface area contributed by atoms with Crippen molar-refractivity contribution in [2.75, 3.05) is 10.0 Å². The van der Waals surface area contributed by atoms with Crippen molar-refractivity contribution in [3.8, 4) is 0 Å². The maximum atomic E-state index is 12.7. The molecule has 3 aromatic rings. The van der Waals surface area contributed by atoms with Gasteiger partial charge in [0.2, 0.25) is 0 Å². The monoisotopic (exact) mass is 457 g/mol. The first-order chi connectivity index (χ1) is 14.9. The van der Waals surface area contributed by atoms with Crippen molar-refractivity contribution in [1.29, 1.82) is 0 Å². The molecule has 32 heavy (non-hydrogen) atoms. The fraction of sp³-hybridized carbons (Fsp3) is 0.364. The second-order valence-electron chi connectivity index (χ2n) is 9.01. The van der Waals surface area contributed by atoms with E-state index in [2.05, 4.69) is 15.1 Å². The molecule has 1 aromatic carbocycles. The Labute approximate surface area is 186 Å². The Hall–Kier alpha value is -3.11. The summed E-state index contributed by atoms with van der Waals surface area (Å²) in [6.07, 6.45) is 4.18. The average Bonchev–Trinajstić information content (AvgIpc) is 3.21. The summed E-state index contributed by atoms with van der Waals surface area (Å²) in [6, 6.07) is 9.49. The molecule has 1 aliphatic rings. The Morgan fingerprint density at radius 2 is 1.94 bits per heavy atom. The Balaban J connectivity index is 1.75. The predicted molar refractivity (Wildman–Crippen MR) is 122 cm³/mol. The van der Waals surface area contributed by atoms with Crippen molar-refractivity contribution < 1.29 is 18.3 Å². The first-order valence-electron chi connectivity index (χ1n) is 10.3. The van der Waals surface area contributed by atoms with Gasteiger partial charge in [-0.15, -0.1) is 0 Å². The number of sulfonamides is 1. The van der Waals surface area contributed by atoms with Crippen LogP contribution < -0.4 is 15.8 Å². The van der Waals surface area contributed by atoms with Crippen LogP contribution in [0.25, 0.3) is 5.52 Å². The number of hydrogen-bond donors (Lipinski definition) is 4. The van der Waals surface area contributed by atoms with Gasteiger partial charge in [-0.25, -0.2) is 12.9 Å². The molecular formula is C22H27N5O4S. The third-order valence-corrected chi connectivity index (χ3v) is 8.10. The number of aliphatic hydroxyl groups is 1. The highest BCUT2D eigenvalue weighted by Crippen LogP contribution is 2.47. The summed E-state index contributed by atoms with van der Waals surface area (Å²) in [5, 5.41) is 18.4. The normalized spacial score (nSPS) is 22.7. The SMILES string of the molecule is CC1(C)[C@H](Nc2c(C(N)=O)cnn3cc(NS(=O)(=O)c4ccccc4)cc23)CC[C@@]1(C)O. The predicted octanol–water partition coefficient (Wildman–Crippen LogP) is 2.59. The molecule has 10 heteroatoms. The van der Waals surface area contributed by atoms with Crippen molar-refractivity contribution in [2.24, 2.45) is 11.1 Å². The van der Waals surface area contributed by atoms with Gasteiger partial charge in [-0.3, -0.25) is 9.52 Å². The molecule has 0 spiro atoms. The van der Waals surface area contributed by atoms with Crippen molar-refractivity contribution in [2.45, 2.75) is 50.2 Å². The van der Waals surface area contributed by atoms with Crippen LogP contribution in [0.15, 0.2) is 53.7 Å². The van der Waals surface area contributed by atoms with E-state index in [-0.39, 0.29) is 16.5 Å². The van der Waals surface area contributed by atoms with E-state index in [0.29, 0.717) is 29.7 Å². The first kappa shape index (κ1) is 22.1. The molecule has 2 aromatic heterocycles. The molecule has 1 saturated carbocycles. The van der Waals surface area contributed by atoms with Crippen LogP contribution in [0.5, 0.6) is 0 Å². The zero-order chi connectivity index (χ0) is 23.3. The number of anilines is 2. The highest BCUT2D eigenvalue weighted by molar-refractivity contribution is 7.92. The fourth-order valence-electron chi connectivity index (χ4n) is 4.18. The summed E-state index contributed by atoms with van der Waals surface area (Å²) in [4.78, 5) is 12.3. The molecule has 0 saturated heterocycles. The number of fused-ring (bicyclic) bond motifs is 1. The van der Waals surface area contributed by atoms with Crippen LogP contribution >= 0.6 is 0 Å². The van der Waals surface area contributed by atoms with E-state index in [4.69, 9.17) is 5.73 Å². The molecule has 2 atom stereocenters. The molecule has 5 N–H and O–H groups in total. The van der Waals surface area contributed by atoms with Crippen molar-refractivity contribution in [3.63, 3.8) is 0 Å². The second kappa shape index (κ2) is 7.49. The molecule has 0 radical (unpaired) electrons. The van der Waals surface area contributed by atoms with E-state index in [1.54, 1.807) is 31.2 Å². The zero-order valence-corrected chi connectivity index (χ0v) is 19.0. The minimum Gasteiger partial charge on any atom is -0.390 e.